The van der Waals surface area contributed by atoms with Crippen molar-refractivity contribution >= 4 is 24.8 Å². The summed E-state index contributed by atoms with van der Waals surface area (Å²) >= 11 is 0. The topological polar surface area (TPSA) is 35.0 Å². The van der Waals surface area contributed by atoms with Crippen LogP contribution in [0.4, 0.5) is 0 Å². The smallest absolute Gasteiger partial charge is 0 e. The third-order valence-corrected chi connectivity index (χ3v) is 0. The van der Waals surface area contributed by atoms with Crippen LogP contribution >= 0.6 is 24.8 Å². The van der Waals surface area contributed by atoms with E-state index >= 15 is 0 Å². The Kier molecular flexibility index (Phi) is 815. The van der Waals surface area contributed by atoms with Crippen LogP contribution in [0.3, 0.4) is 0 Å². The van der Waals surface area contributed by atoms with Crippen molar-refractivity contribution in [2.45, 2.75) is 0 Å². The van der Waals surface area contributed by atoms with Crippen molar-refractivity contribution in [1.29, 1.82) is 0 Å². The fourth-order valence-corrected chi connectivity index (χ4v) is 0. The first kappa shape index (κ1) is 84.6. The second-order valence-electron chi connectivity index (χ2n) is 0. The van der Waals surface area contributed by atoms with E-state index in [0.717, 1.165) is 0 Å². The molecule has 0 aromatic heterocycles. The third kappa shape index (κ3) is 29.3. The molecular formula is H5Cl2CoNNi. The zero-order valence-corrected chi connectivity index (χ0v) is 5.83. The SMILES string of the molecule is Cl.Cl.N.[Co].[Ni]. The maximum Gasteiger partial charge on any atom is 0 e. The Bertz CT molecular complexity index is 9.61. The summed E-state index contributed by atoms with van der Waals surface area (Å²) in [6.07, 6.45) is 0. The van der Waals surface area contributed by atoms with Crippen LogP contribution in [-0.2, 0) is 33.3 Å². The molecule has 1 radical (unpaired) electrons. The van der Waals surface area contributed by atoms with Crippen molar-refractivity contribution in [2.75, 3.05) is 0 Å². The van der Waals surface area contributed by atoms with Gasteiger partial charge in [0.05, 0.1) is 0 Å². The van der Waals surface area contributed by atoms with Gasteiger partial charge in [-0.15, -0.1) is 24.8 Å². The van der Waals surface area contributed by atoms with E-state index in [9.17, 15) is 0 Å². The van der Waals surface area contributed by atoms with Gasteiger partial charge in [0.1, 0.15) is 0 Å². The Hall–Kier alpha value is 1.54. The van der Waals surface area contributed by atoms with Gasteiger partial charge < -0.3 is 6.15 Å². The fourth-order valence-electron chi connectivity index (χ4n) is 0. The molecule has 0 heterocycles. The fraction of sp³-hybridized carbons (Fsp3) is 0. The molecule has 5 heavy (non-hydrogen) atoms. The summed E-state index contributed by atoms with van der Waals surface area (Å²) in [7, 11) is 0. The summed E-state index contributed by atoms with van der Waals surface area (Å²) in [5, 5.41) is 0. The summed E-state index contributed by atoms with van der Waals surface area (Å²) in [6, 6.07) is 0. The predicted octanol–water partition coefficient (Wildman–Crippen LogP) is 1.00. The molecule has 3 N–H and O–H groups in total. The minimum absolute atomic E-state index is 0. The Morgan fingerprint density at radius 1 is 0.800 bits per heavy atom. The molecule has 0 rings (SSSR count). The maximum atomic E-state index is 0. The molecule has 0 aromatic rings. The van der Waals surface area contributed by atoms with Gasteiger partial charge >= 0.3 is 0 Å². The van der Waals surface area contributed by atoms with Gasteiger partial charge in [0.2, 0.25) is 0 Å². The second-order valence-corrected chi connectivity index (χ2v) is 0. The van der Waals surface area contributed by atoms with Gasteiger partial charge in [-0.1, -0.05) is 0 Å². The third-order valence-electron chi connectivity index (χ3n) is 0. The minimum Gasteiger partial charge on any atom is -0.344 e. The first-order valence-corrected chi connectivity index (χ1v) is 0. The molecule has 0 aliphatic rings. The van der Waals surface area contributed by atoms with E-state index in [1.807, 2.05) is 0 Å². The van der Waals surface area contributed by atoms with Gasteiger partial charge in [-0.3, -0.25) is 0 Å². The molecule has 5 heteroatoms. The largest absolute Gasteiger partial charge is 0.344 e. The maximum absolute atomic E-state index is 0. The standard InChI is InChI=1S/2ClH.Co.H3N.Ni/h2*1H;;1H3;. The number of hydrogen-bond donors (Lipinski definition) is 1. The van der Waals surface area contributed by atoms with Gasteiger partial charge in [0, 0.05) is 33.3 Å². The van der Waals surface area contributed by atoms with Crippen molar-refractivity contribution < 1.29 is 33.3 Å². The number of hydrogen-bond acceptors (Lipinski definition) is 1. The van der Waals surface area contributed by atoms with Crippen molar-refractivity contribution in [2.24, 2.45) is 0 Å². The van der Waals surface area contributed by atoms with Crippen molar-refractivity contribution in [3.05, 3.63) is 0 Å². The van der Waals surface area contributed by atoms with E-state index in [1.54, 1.807) is 0 Å². The van der Waals surface area contributed by atoms with E-state index in [-0.39, 0.29) is 64.2 Å². The predicted molar refractivity (Wildman–Crippen MR) is 19.5 cm³/mol. The zero-order valence-electron chi connectivity index (χ0n) is 2.17. The number of rotatable bonds is 0. The van der Waals surface area contributed by atoms with Gasteiger partial charge in [-0.05, 0) is 0 Å². The van der Waals surface area contributed by atoms with Crippen LogP contribution in [0.15, 0.2) is 0 Å². The van der Waals surface area contributed by atoms with Crippen molar-refractivity contribution in [3.63, 3.8) is 0 Å². The minimum atomic E-state index is 0. The molecule has 0 unspecified atom stereocenters. The van der Waals surface area contributed by atoms with Gasteiger partial charge in [-0.2, -0.15) is 0 Å². The first-order valence-electron chi connectivity index (χ1n) is 0. The quantitative estimate of drug-likeness (QED) is 0.591. The summed E-state index contributed by atoms with van der Waals surface area (Å²) in [5.41, 5.74) is 0. The van der Waals surface area contributed by atoms with Crippen LogP contribution in [0.2, 0.25) is 0 Å². The Morgan fingerprint density at radius 2 is 0.800 bits per heavy atom. The number of halogens is 2. The van der Waals surface area contributed by atoms with E-state index in [1.165, 1.54) is 0 Å². The van der Waals surface area contributed by atoms with Crippen LogP contribution in [0.25, 0.3) is 0 Å². The zero-order chi connectivity index (χ0) is 0. The summed E-state index contributed by atoms with van der Waals surface area (Å²) in [6.45, 7) is 0. The molecule has 0 amide bonds. The van der Waals surface area contributed by atoms with E-state index < -0.39 is 0 Å². The Labute approximate surface area is 64.2 Å². The average Bonchev–Trinajstić information content (AvgIpc) is 0. The molecule has 0 spiro atoms. The van der Waals surface area contributed by atoms with Gasteiger partial charge in [-0.25, -0.2) is 0 Å². The average molecular weight is 208 g/mol. The molecule has 0 saturated carbocycles. The molecule has 43 valence electrons. The van der Waals surface area contributed by atoms with Gasteiger partial charge in [0.15, 0.2) is 0 Å². The van der Waals surface area contributed by atoms with Crippen LogP contribution in [-0.4, -0.2) is 0 Å². The summed E-state index contributed by atoms with van der Waals surface area (Å²) < 4.78 is 0. The molecule has 0 aliphatic heterocycles. The van der Waals surface area contributed by atoms with E-state index in [0.29, 0.717) is 0 Å². The van der Waals surface area contributed by atoms with Crippen LogP contribution in [0, 0.1) is 0 Å². The molecular weight excluding hydrogens is 203 g/mol. The van der Waals surface area contributed by atoms with Crippen LogP contribution in [0.1, 0.15) is 0 Å². The van der Waals surface area contributed by atoms with Crippen LogP contribution in [0.5, 0.6) is 0 Å². The molecule has 0 bridgehead atoms. The monoisotopic (exact) mass is 206 g/mol. The Balaban J connectivity index is 0. The van der Waals surface area contributed by atoms with Crippen molar-refractivity contribution in [3.8, 4) is 0 Å². The Morgan fingerprint density at radius 3 is 0.800 bits per heavy atom. The summed E-state index contributed by atoms with van der Waals surface area (Å²) in [5.74, 6) is 0. The molecule has 0 aliphatic carbocycles. The molecule has 0 atom stereocenters. The van der Waals surface area contributed by atoms with Gasteiger partial charge in [0.25, 0.3) is 0 Å². The molecule has 1 nitrogen and oxygen atoms in total. The van der Waals surface area contributed by atoms with E-state index in [4.69, 9.17) is 0 Å². The summed E-state index contributed by atoms with van der Waals surface area (Å²) in [4.78, 5) is 0. The van der Waals surface area contributed by atoms with Crippen molar-refractivity contribution in [1.82, 2.24) is 6.15 Å². The molecule has 0 fully saturated rings. The first-order chi connectivity index (χ1) is 0. The van der Waals surface area contributed by atoms with Crippen LogP contribution < -0.4 is 6.15 Å². The second kappa shape index (κ2) is 48.1. The normalized spacial score (nSPS) is 0. The molecule has 0 aromatic carbocycles. The molecule has 0 saturated heterocycles. The van der Waals surface area contributed by atoms with E-state index in [2.05, 4.69) is 0 Å².